The molecule has 4 heterocycles. The summed E-state index contributed by atoms with van der Waals surface area (Å²) in [5, 5.41) is 0.898. The Morgan fingerprint density at radius 1 is 1.14 bits per heavy atom. The third-order valence-corrected chi connectivity index (χ3v) is 4.82. The van der Waals surface area contributed by atoms with Gasteiger partial charge in [-0.2, -0.15) is 0 Å². The quantitative estimate of drug-likeness (QED) is 0.551. The van der Waals surface area contributed by atoms with Crippen LogP contribution in [0, 0.1) is 6.92 Å². The van der Waals surface area contributed by atoms with E-state index in [1.54, 1.807) is 22.9 Å². The van der Waals surface area contributed by atoms with Crippen LogP contribution in [0.4, 0.5) is 0 Å². The first kappa shape index (κ1) is 18.3. The van der Waals surface area contributed by atoms with Gasteiger partial charge in [-0.15, -0.1) is 0 Å². The molecule has 28 heavy (non-hydrogen) atoms. The van der Waals surface area contributed by atoms with E-state index in [4.69, 9.17) is 16.0 Å². The number of pyridine rings is 3. The summed E-state index contributed by atoms with van der Waals surface area (Å²) in [7, 11) is 0. The summed E-state index contributed by atoms with van der Waals surface area (Å²) >= 11 is 6.23. The van der Waals surface area contributed by atoms with Crippen molar-refractivity contribution < 1.29 is 4.42 Å². The molecular weight excluding hydrogens is 378 g/mol. The predicted octanol–water partition coefficient (Wildman–Crippen LogP) is 4.55. The van der Waals surface area contributed by atoms with Crippen LogP contribution in [0.2, 0.25) is 5.02 Å². The van der Waals surface area contributed by atoms with Crippen molar-refractivity contribution in [3.8, 4) is 22.6 Å². The van der Waals surface area contributed by atoms with Crippen LogP contribution in [0.15, 0.2) is 56.6 Å². The Morgan fingerprint density at radius 2 is 1.93 bits per heavy atom. The fourth-order valence-corrected chi connectivity index (χ4v) is 3.36. The zero-order chi connectivity index (χ0) is 20.0. The van der Waals surface area contributed by atoms with Gasteiger partial charge in [0.2, 0.25) is 5.56 Å². The Morgan fingerprint density at radius 3 is 2.61 bits per heavy atom. The minimum atomic E-state index is -0.242. The second kappa shape index (κ2) is 6.80. The van der Waals surface area contributed by atoms with Gasteiger partial charge in [0.25, 0.3) is 5.56 Å². The van der Waals surface area contributed by atoms with E-state index in [0.717, 1.165) is 22.3 Å². The van der Waals surface area contributed by atoms with Gasteiger partial charge in [-0.3, -0.25) is 9.59 Å². The van der Waals surface area contributed by atoms with E-state index >= 15 is 0 Å². The number of hydrogen-bond acceptors (Lipinski definition) is 4. The molecule has 0 spiro atoms. The molecule has 0 aliphatic carbocycles. The summed E-state index contributed by atoms with van der Waals surface area (Å²) in [4.78, 5) is 31.5. The summed E-state index contributed by atoms with van der Waals surface area (Å²) in [6, 6.07) is 10.3. The van der Waals surface area contributed by atoms with Crippen molar-refractivity contribution in [3.63, 3.8) is 0 Å². The average Bonchev–Trinajstić information content (AvgIpc) is 3.08. The summed E-state index contributed by atoms with van der Waals surface area (Å²) in [5.74, 6) is 1.31. The first-order valence-electron chi connectivity index (χ1n) is 8.86. The number of rotatable bonds is 3. The topological polar surface area (TPSA) is 80.9 Å². The number of aromatic nitrogens is 3. The van der Waals surface area contributed by atoms with E-state index in [1.165, 1.54) is 6.07 Å². The monoisotopic (exact) mass is 395 g/mol. The lowest BCUT2D eigenvalue weighted by Gasteiger charge is -2.15. The third-order valence-electron chi connectivity index (χ3n) is 4.55. The zero-order valence-electron chi connectivity index (χ0n) is 15.6. The van der Waals surface area contributed by atoms with Crippen LogP contribution >= 0.6 is 11.6 Å². The molecule has 7 heteroatoms. The molecule has 4 rings (SSSR count). The van der Waals surface area contributed by atoms with Gasteiger partial charge in [0, 0.05) is 34.8 Å². The molecule has 0 aliphatic heterocycles. The van der Waals surface area contributed by atoms with Crippen molar-refractivity contribution in [2.45, 2.75) is 26.8 Å². The van der Waals surface area contributed by atoms with Crippen molar-refractivity contribution in [1.82, 2.24) is 14.5 Å². The lowest BCUT2D eigenvalue weighted by atomic mass is 10.0. The fraction of sp³-hybridized carbons (Fsp3) is 0.190. The predicted molar refractivity (Wildman–Crippen MR) is 110 cm³/mol. The highest BCUT2D eigenvalue weighted by atomic mass is 35.5. The molecule has 0 saturated heterocycles. The molecule has 0 bridgehead atoms. The number of nitrogens with zero attached hydrogens (tertiary/aromatic N) is 2. The van der Waals surface area contributed by atoms with Gasteiger partial charge in [-0.1, -0.05) is 11.6 Å². The summed E-state index contributed by atoms with van der Waals surface area (Å²) < 4.78 is 7.38. The highest BCUT2D eigenvalue weighted by Gasteiger charge is 2.17. The normalized spacial score (nSPS) is 11.5. The molecule has 0 fully saturated rings. The standard InChI is InChI=1S/C21H18ClN3O3/c1-11(2)25-10-14(9-16(22)21(25)27)15-8-13-5-7-18(26)23-20(13)24-19(15)17-6-4-12(3)28-17/h4-11H,1-3H3,(H,23,24,26). The van der Waals surface area contributed by atoms with E-state index in [0.29, 0.717) is 17.1 Å². The molecule has 0 unspecified atom stereocenters. The summed E-state index contributed by atoms with van der Waals surface area (Å²) in [5.41, 5.74) is 2.05. The van der Waals surface area contributed by atoms with E-state index in [1.807, 2.05) is 39.0 Å². The Hall–Kier alpha value is -3.12. The maximum atomic E-state index is 12.4. The first-order chi connectivity index (χ1) is 13.3. The number of furan rings is 1. The van der Waals surface area contributed by atoms with Crippen molar-refractivity contribution >= 4 is 22.6 Å². The van der Waals surface area contributed by atoms with E-state index in [-0.39, 0.29) is 22.2 Å². The molecule has 0 radical (unpaired) electrons. The van der Waals surface area contributed by atoms with E-state index in [2.05, 4.69) is 9.97 Å². The van der Waals surface area contributed by atoms with Crippen molar-refractivity contribution in [1.29, 1.82) is 0 Å². The van der Waals surface area contributed by atoms with Crippen LogP contribution < -0.4 is 11.1 Å². The Bertz CT molecular complexity index is 1310. The molecule has 1 N–H and O–H groups in total. The minimum absolute atomic E-state index is 0.0518. The van der Waals surface area contributed by atoms with Crippen LogP contribution in [0.1, 0.15) is 25.6 Å². The van der Waals surface area contributed by atoms with Crippen molar-refractivity contribution in [2.24, 2.45) is 0 Å². The van der Waals surface area contributed by atoms with Crippen LogP contribution in [0.25, 0.3) is 33.6 Å². The van der Waals surface area contributed by atoms with Gasteiger partial charge in [0.15, 0.2) is 5.76 Å². The minimum Gasteiger partial charge on any atom is -0.460 e. The van der Waals surface area contributed by atoms with E-state index in [9.17, 15) is 9.59 Å². The second-order valence-corrected chi connectivity index (χ2v) is 7.35. The molecule has 6 nitrogen and oxygen atoms in total. The number of H-pyrrole nitrogens is 1. The molecular formula is C21H18ClN3O3. The number of hydrogen-bond donors (Lipinski definition) is 1. The number of nitrogens with one attached hydrogen (secondary N) is 1. The number of aryl methyl sites for hydroxylation is 1. The lowest BCUT2D eigenvalue weighted by molar-refractivity contribution is 0.547. The van der Waals surface area contributed by atoms with E-state index < -0.39 is 0 Å². The fourth-order valence-electron chi connectivity index (χ4n) is 3.15. The molecule has 4 aromatic heterocycles. The number of halogens is 1. The first-order valence-corrected chi connectivity index (χ1v) is 9.24. The molecule has 142 valence electrons. The van der Waals surface area contributed by atoms with Gasteiger partial charge in [0.1, 0.15) is 22.1 Å². The SMILES string of the molecule is Cc1ccc(-c2nc3[nH]c(=O)ccc3cc2-c2cc(Cl)c(=O)n(C(C)C)c2)o1. The van der Waals surface area contributed by atoms with Gasteiger partial charge in [0.05, 0.1) is 0 Å². The Labute approximate surface area is 165 Å². The second-order valence-electron chi connectivity index (χ2n) is 6.94. The largest absolute Gasteiger partial charge is 0.460 e. The van der Waals surface area contributed by atoms with Crippen LogP contribution in [-0.2, 0) is 0 Å². The Kier molecular flexibility index (Phi) is 4.43. The highest BCUT2D eigenvalue weighted by molar-refractivity contribution is 6.30. The van der Waals surface area contributed by atoms with Gasteiger partial charge >= 0.3 is 0 Å². The van der Waals surface area contributed by atoms with Gasteiger partial charge in [-0.05, 0) is 51.1 Å². The molecule has 4 aromatic rings. The summed E-state index contributed by atoms with van der Waals surface area (Å²) in [6.45, 7) is 5.69. The molecule has 0 aliphatic rings. The number of aromatic amines is 1. The molecule has 0 atom stereocenters. The van der Waals surface area contributed by atoms with Crippen LogP contribution in [-0.4, -0.2) is 14.5 Å². The maximum absolute atomic E-state index is 12.4. The maximum Gasteiger partial charge on any atom is 0.269 e. The summed E-state index contributed by atoms with van der Waals surface area (Å²) in [6.07, 6.45) is 1.77. The number of fused-ring (bicyclic) bond motifs is 1. The van der Waals surface area contributed by atoms with Gasteiger partial charge < -0.3 is 14.0 Å². The lowest BCUT2D eigenvalue weighted by Crippen LogP contribution is -2.21. The third kappa shape index (κ3) is 3.16. The van der Waals surface area contributed by atoms with Gasteiger partial charge in [-0.25, -0.2) is 4.98 Å². The molecule has 0 amide bonds. The highest BCUT2D eigenvalue weighted by Crippen LogP contribution is 2.34. The Balaban J connectivity index is 2.07. The zero-order valence-corrected chi connectivity index (χ0v) is 16.4. The van der Waals surface area contributed by atoms with Crippen molar-refractivity contribution in [2.75, 3.05) is 0 Å². The smallest absolute Gasteiger partial charge is 0.269 e. The van der Waals surface area contributed by atoms with Crippen LogP contribution in [0.3, 0.4) is 0 Å². The van der Waals surface area contributed by atoms with Crippen molar-refractivity contribution in [3.05, 3.63) is 74.1 Å². The van der Waals surface area contributed by atoms with Crippen LogP contribution in [0.5, 0.6) is 0 Å². The molecule has 0 saturated carbocycles. The average molecular weight is 396 g/mol. The molecule has 0 aromatic carbocycles.